The molecule has 0 amide bonds. The van der Waals surface area contributed by atoms with E-state index in [4.69, 9.17) is 0 Å². The molecule has 2 aromatic rings. The quantitative estimate of drug-likeness (QED) is 0.502. The number of rotatable bonds is 2. The van der Waals surface area contributed by atoms with Crippen molar-refractivity contribution in [3.05, 3.63) is 81.7 Å². The standard InChI is InChI=1S/C18H15FN2O2/c19-11-8-9-16-15(10-11)12-5-3-6-13(12)18(20-16)14-4-1-2-7-17(14)21(22)23/h1-5,7-10,12-13,18,20H,6H2/t12-,13+,18+/m0/s1. The van der Waals surface area contributed by atoms with E-state index >= 15 is 0 Å². The molecule has 2 aromatic carbocycles. The molecule has 0 bridgehead atoms. The van der Waals surface area contributed by atoms with Crippen molar-refractivity contribution in [1.29, 1.82) is 0 Å². The van der Waals surface area contributed by atoms with Gasteiger partial charge in [-0.1, -0.05) is 30.4 Å². The van der Waals surface area contributed by atoms with E-state index in [1.165, 1.54) is 12.1 Å². The summed E-state index contributed by atoms with van der Waals surface area (Å²) in [7, 11) is 0. The lowest BCUT2D eigenvalue weighted by Crippen LogP contribution is -2.29. The second-order valence-corrected chi connectivity index (χ2v) is 6.02. The number of fused-ring (bicyclic) bond motifs is 3. The molecule has 0 saturated heterocycles. The fraction of sp³-hybridized carbons (Fsp3) is 0.222. The number of hydrogen-bond donors (Lipinski definition) is 1. The van der Waals surface area contributed by atoms with Crippen LogP contribution in [-0.4, -0.2) is 4.92 Å². The number of hydrogen-bond acceptors (Lipinski definition) is 3. The van der Waals surface area contributed by atoms with Crippen molar-refractivity contribution in [2.45, 2.75) is 18.4 Å². The van der Waals surface area contributed by atoms with E-state index in [9.17, 15) is 14.5 Å². The molecular formula is C18H15FN2O2. The first-order chi connectivity index (χ1) is 11.1. The van der Waals surface area contributed by atoms with E-state index in [0.717, 1.165) is 17.7 Å². The predicted octanol–water partition coefficient (Wildman–Crippen LogP) is 4.56. The number of nitrogens with zero attached hydrogens (tertiary/aromatic N) is 1. The Morgan fingerprint density at radius 2 is 2.00 bits per heavy atom. The second kappa shape index (κ2) is 5.19. The van der Waals surface area contributed by atoms with Crippen LogP contribution in [0, 0.1) is 21.8 Å². The van der Waals surface area contributed by atoms with Gasteiger partial charge in [-0.05, 0) is 36.1 Å². The Morgan fingerprint density at radius 3 is 2.83 bits per heavy atom. The highest BCUT2D eigenvalue weighted by Gasteiger charge is 2.40. The number of anilines is 1. The fourth-order valence-electron chi connectivity index (χ4n) is 3.79. The maximum Gasteiger partial charge on any atom is 0.274 e. The van der Waals surface area contributed by atoms with Gasteiger partial charge in [-0.2, -0.15) is 0 Å². The zero-order valence-electron chi connectivity index (χ0n) is 12.3. The number of benzene rings is 2. The van der Waals surface area contributed by atoms with Gasteiger partial charge in [0.2, 0.25) is 0 Å². The van der Waals surface area contributed by atoms with Gasteiger partial charge < -0.3 is 5.32 Å². The van der Waals surface area contributed by atoms with Crippen molar-refractivity contribution in [3.8, 4) is 0 Å². The molecule has 4 nitrogen and oxygen atoms in total. The third kappa shape index (κ3) is 2.20. The van der Waals surface area contributed by atoms with Gasteiger partial charge in [0.05, 0.1) is 16.5 Å². The maximum atomic E-state index is 13.6. The van der Waals surface area contributed by atoms with Crippen LogP contribution in [0.5, 0.6) is 0 Å². The van der Waals surface area contributed by atoms with Crippen molar-refractivity contribution < 1.29 is 9.31 Å². The van der Waals surface area contributed by atoms with E-state index in [-0.39, 0.29) is 34.3 Å². The van der Waals surface area contributed by atoms with Crippen LogP contribution in [0.1, 0.15) is 29.5 Å². The van der Waals surface area contributed by atoms with Crippen molar-refractivity contribution in [3.63, 3.8) is 0 Å². The first-order valence-electron chi connectivity index (χ1n) is 7.61. The predicted molar refractivity (Wildman–Crippen MR) is 85.8 cm³/mol. The van der Waals surface area contributed by atoms with Crippen LogP contribution in [0.15, 0.2) is 54.6 Å². The summed E-state index contributed by atoms with van der Waals surface area (Å²) in [6.07, 6.45) is 4.99. The number of nitro benzene ring substituents is 1. The van der Waals surface area contributed by atoms with E-state index < -0.39 is 0 Å². The molecule has 0 radical (unpaired) electrons. The van der Waals surface area contributed by atoms with Crippen molar-refractivity contribution >= 4 is 11.4 Å². The molecule has 1 N–H and O–H groups in total. The highest BCUT2D eigenvalue weighted by Crippen LogP contribution is 2.51. The molecule has 0 unspecified atom stereocenters. The van der Waals surface area contributed by atoms with E-state index in [2.05, 4.69) is 17.5 Å². The number of nitro groups is 1. The topological polar surface area (TPSA) is 55.2 Å². The van der Waals surface area contributed by atoms with Crippen LogP contribution in [0.2, 0.25) is 0 Å². The van der Waals surface area contributed by atoms with Crippen LogP contribution < -0.4 is 5.32 Å². The van der Waals surface area contributed by atoms with Crippen LogP contribution >= 0.6 is 0 Å². The van der Waals surface area contributed by atoms with Gasteiger partial charge in [-0.25, -0.2) is 4.39 Å². The maximum absolute atomic E-state index is 13.6. The zero-order chi connectivity index (χ0) is 16.0. The Kier molecular flexibility index (Phi) is 3.15. The summed E-state index contributed by atoms with van der Waals surface area (Å²) in [6, 6.07) is 11.4. The summed E-state index contributed by atoms with van der Waals surface area (Å²) in [5.41, 5.74) is 2.59. The van der Waals surface area contributed by atoms with Crippen LogP contribution in [0.4, 0.5) is 15.8 Å². The van der Waals surface area contributed by atoms with Gasteiger partial charge in [0.1, 0.15) is 5.82 Å². The SMILES string of the molecule is O=[N+]([O-])c1ccccc1[C@@H]1Nc2ccc(F)cc2[C@H]2C=CC[C@H]21. The Balaban J connectivity index is 1.83. The molecular weight excluding hydrogens is 295 g/mol. The summed E-state index contributed by atoms with van der Waals surface area (Å²) in [5, 5.41) is 14.8. The molecule has 0 saturated carbocycles. The molecule has 1 aliphatic carbocycles. The van der Waals surface area contributed by atoms with Crippen molar-refractivity contribution in [1.82, 2.24) is 0 Å². The van der Waals surface area contributed by atoms with Crippen molar-refractivity contribution in [2.75, 3.05) is 5.32 Å². The summed E-state index contributed by atoms with van der Waals surface area (Å²) < 4.78 is 13.6. The smallest absolute Gasteiger partial charge is 0.274 e. The van der Waals surface area contributed by atoms with Crippen LogP contribution in [0.25, 0.3) is 0 Å². The molecule has 0 fully saturated rings. The van der Waals surface area contributed by atoms with Gasteiger partial charge in [0, 0.05) is 17.7 Å². The number of nitrogens with one attached hydrogen (secondary N) is 1. The molecule has 116 valence electrons. The average Bonchev–Trinajstić information content (AvgIpc) is 3.04. The third-order valence-corrected chi connectivity index (χ3v) is 4.79. The molecule has 1 heterocycles. The number of halogens is 1. The lowest BCUT2D eigenvalue weighted by Gasteiger charge is -2.37. The molecule has 1 aliphatic heterocycles. The fourth-order valence-corrected chi connectivity index (χ4v) is 3.79. The van der Waals surface area contributed by atoms with Crippen LogP contribution in [0.3, 0.4) is 0 Å². The number of allylic oxidation sites excluding steroid dienone is 2. The minimum Gasteiger partial charge on any atom is -0.377 e. The zero-order valence-corrected chi connectivity index (χ0v) is 12.3. The Bertz CT molecular complexity index is 818. The summed E-state index contributed by atoms with van der Waals surface area (Å²) in [4.78, 5) is 11.0. The molecule has 2 aliphatic rings. The van der Waals surface area contributed by atoms with E-state index in [1.54, 1.807) is 24.3 Å². The first kappa shape index (κ1) is 13.9. The molecule has 23 heavy (non-hydrogen) atoms. The molecule has 0 spiro atoms. The molecule has 3 atom stereocenters. The highest BCUT2D eigenvalue weighted by molar-refractivity contribution is 5.61. The molecule has 0 aromatic heterocycles. The van der Waals surface area contributed by atoms with Gasteiger partial charge in [-0.15, -0.1) is 0 Å². The van der Waals surface area contributed by atoms with E-state index in [0.29, 0.717) is 5.56 Å². The second-order valence-electron chi connectivity index (χ2n) is 6.02. The Labute approximate surface area is 132 Å². The lowest BCUT2D eigenvalue weighted by atomic mass is 9.76. The van der Waals surface area contributed by atoms with Crippen molar-refractivity contribution in [2.24, 2.45) is 5.92 Å². The minimum atomic E-state index is -0.339. The number of para-hydroxylation sites is 1. The molecule has 5 heteroatoms. The molecule has 4 rings (SSSR count). The van der Waals surface area contributed by atoms with Crippen LogP contribution in [-0.2, 0) is 0 Å². The first-order valence-corrected chi connectivity index (χ1v) is 7.61. The Hall–Kier alpha value is -2.69. The minimum absolute atomic E-state index is 0.0896. The van der Waals surface area contributed by atoms with Gasteiger partial charge in [0.15, 0.2) is 0 Å². The summed E-state index contributed by atoms with van der Waals surface area (Å²) >= 11 is 0. The largest absolute Gasteiger partial charge is 0.377 e. The van der Waals surface area contributed by atoms with Gasteiger partial charge in [-0.3, -0.25) is 10.1 Å². The average molecular weight is 310 g/mol. The third-order valence-electron chi connectivity index (χ3n) is 4.79. The summed E-state index contributed by atoms with van der Waals surface area (Å²) in [5.74, 6) is -0.00842. The monoisotopic (exact) mass is 310 g/mol. The van der Waals surface area contributed by atoms with Gasteiger partial charge in [0.25, 0.3) is 5.69 Å². The van der Waals surface area contributed by atoms with Gasteiger partial charge >= 0.3 is 0 Å². The summed E-state index contributed by atoms with van der Waals surface area (Å²) in [6.45, 7) is 0. The normalized spacial score (nSPS) is 24.7. The Morgan fingerprint density at radius 1 is 1.17 bits per heavy atom. The highest BCUT2D eigenvalue weighted by atomic mass is 19.1. The lowest BCUT2D eigenvalue weighted by molar-refractivity contribution is -0.385. The van der Waals surface area contributed by atoms with E-state index in [1.807, 2.05) is 6.07 Å².